The van der Waals surface area contributed by atoms with Crippen LogP contribution in [-0.4, -0.2) is 34.1 Å². The molecule has 1 aromatic heterocycles. The van der Waals surface area contributed by atoms with E-state index in [-0.39, 0.29) is 12.2 Å². The van der Waals surface area contributed by atoms with Crippen molar-refractivity contribution in [2.75, 3.05) is 13.2 Å². The smallest absolute Gasteiger partial charge is 0.253 e. The number of rotatable bonds is 4. The maximum absolute atomic E-state index is 13.4. The van der Waals surface area contributed by atoms with Crippen LogP contribution in [-0.2, 0) is 0 Å². The second-order valence-corrected chi connectivity index (χ2v) is 4.20. The van der Waals surface area contributed by atoms with Gasteiger partial charge >= 0.3 is 0 Å². The average Bonchev–Trinajstić information content (AvgIpc) is 2.68. The number of H-pyrrole nitrogens is 2. The van der Waals surface area contributed by atoms with Gasteiger partial charge in [-0.3, -0.25) is 4.79 Å². The zero-order chi connectivity index (χ0) is 13.1. The number of carbonyl (C=O) groups is 1. The van der Waals surface area contributed by atoms with Gasteiger partial charge in [-0.05, 0) is 30.8 Å². The van der Waals surface area contributed by atoms with Gasteiger partial charge in [0.15, 0.2) is 4.77 Å². The molecule has 18 heavy (non-hydrogen) atoms. The van der Waals surface area contributed by atoms with E-state index in [2.05, 4.69) is 15.3 Å². The lowest BCUT2D eigenvalue weighted by Crippen LogP contribution is -2.25. The summed E-state index contributed by atoms with van der Waals surface area (Å²) < 4.78 is 13.7. The van der Waals surface area contributed by atoms with Crippen LogP contribution in [0.3, 0.4) is 0 Å². The summed E-state index contributed by atoms with van der Waals surface area (Å²) in [6.45, 7) is 0.323. The van der Waals surface area contributed by atoms with Crippen molar-refractivity contribution in [1.82, 2.24) is 15.3 Å². The number of amides is 1. The fraction of sp³-hybridized carbons (Fsp3) is 0.273. The minimum Gasteiger partial charge on any atom is -0.396 e. The van der Waals surface area contributed by atoms with Gasteiger partial charge in [-0.2, -0.15) is 0 Å². The first-order valence-electron chi connectivity index (χ1n) is 5.42. The Labute approximate surface area is 107 Å². The average molecular weight is 269 g/mol. The van der Waals surface area contributed by atoms with Crippen molar-refractivity contribution in [2.24, 2.45) is 0 Å². The molecule has 2 rings (SSSR count). The predicted octanol–water partition coefficient (Wildman–Crippen LogP) is 1.48. The number of hydrogen-bond donors (Lipinski definition) is 4. The molecule has 0 aliphatic rings. The van der Waals surface area contributed by atoms with E-state index in [0.717, 1.165) is 6.07 Å². The molecular formula is C11H12FN3O2S. The van der Waals surface area contributed by atoms with Gasteiger partial charge in [0.2, 0.25) is 0 Å². The number of fused-ring (bicyclic) bond motifs is 1. The first kappa shape index (κ1) is 12.7. The van der Waals surface area contributed by atoms with Crippen molar-refractivity contribution in [2.45, 2.75) is 6.42 Å². The summed E-state index contributed by atoms with van der Waals surface area (Å²) in [5.41, 5.74) is 1.12. The third-order valence-electron chi connectivity index (χ3n) is 2.45. The van der Waals surface area contributed by atoms with Crippen molar-refractivity contribution in [3.8, 4) is 0 Å². The fourth-order valence-electron chi connectivity index (χ4n) is 1.66. The van der Waals surface area contributed by atoms with E-state index >= 15 is 0 Å². The SMILES string of the molecule is O=C(NCCCO)c1cc(F)cc2[nH]c(=S)[nH]c12. The van der Waals surface area contributed by atoms with Crippen LogP contribution in [0, 0.1) is 10.6 Å². The zero-order valence-corrected chi connectivity index (χ0v) is 10.2. The molecule has 1 aromatic carbocycles. The molecule has 7 heteroatoms. The van der Waals surface area contributed by atoms with Crippen LogP contribution in [0.25, 0.3) is 11.0 Å². The van der Waals surface area contributed by atoms with E-state index in [1.54, 1.807) is 0 Å². The molecule has 4 N–H and O–H groups in total. The lowest BCUT2D eigenvalue weighted by molar-refractivity contribution is 0.0952. The van der Waals surface area contributed by atoms with Gasteiger partial charge in [0.1, 0.15) is 5.82 Å². The van der Waals surface area contributed by atoms with Gasteiger partial charge in [-0.15, -0.1) is 0 Å². The van der Waals surface area contributed by atoms with E-state index in [0.29, 0.717) is 28.8 Å². The highest BCUT2D eigenvalue weighted by molar-refractivity contribution is 7.71. The Morgan fingerprint density at radius 3 is 2.94 bits per heavy atom. The summed E-state index contributed by atoms with van der Waals surface area (Å²) in [5.74, 6) is -0.918. The molecule has 0 bridgehead atoms. The van der Waals surface area contributed by atoms with Crippen LogP contribution in [0.5, 0.6) is 0 Å². The van der Waals surface area contributed by atoms with Crippen LogP contribution >= 0.6 is 12.2 Å². The topological polar surface area (TPSA) is 80.9 Å². The highest BCUT2D eigenvalue weighted by Gasteiger charge is 2.13. The van der Waals surface area contributed by atoms with E-state index in [4.69, 9.17) is 17.3 Å². The van der Waals surface area contributed by atoms with Gasteiger partial charge < -0.3 is 20.4 Å². The van der Waals surface area contributed by atoms with E-state index < -0.39 is 11.7 Å². The summed E-state index contributed by atoms with van der Waals surface area (Å²) in [5, 5.41) is 11.2. The highest BCUT2D eigenvalue weighted by atomic mass is 32.1. The van der Waals surface area contributed by atoms with Gasteiger partial charge in [0, 0.05) is 13.2 Å². The summed E-state index contributed by atoms with van der Waals surface area (Å²) in [6, 6.07) is 2.42. The number of nitrogens with one attached hydrogen (secondary N) is 3. The first-order chi connectivity index (χ1) is 8.61. The standard InChI is InChI=1S/C11H12FN3O2S/c12-6-4-7(10(17)13-2-1-3-16)9-8(5-6)14-11(18)15-9/h4-5,16H,1-3H2,(H,13,17)(H2,14,15,18). The number of aromatic nitrogens is 2. The number of carbonyl (C=O) groups excluding carboxylic acids is 1. The number of benzene rings is 1. The maximum atomic E-state index is 13.4. The van der Waals surface area contributed by atoms with Crippen molar-refractivity contribution < 1.29 is 14.3 Å². The molecule has 0 atom stereocenters. The lowest BCUT2D eigenvalue weighted by atomic mass is 10.1. The molecule has 0 saturated carbocycles. The van der Waals surface area contributed by atoms with Crippen LogP contribution in [0.15, 0.2) is 12.1 Å². The maximum Gasteiger partial charge on any atom is 0.253 e. The van der Waals surface area contributed by atoms with Crippen LogP contribution < -0.4 is 5.32 Å². The Morgan fingerprint density at radius 2 is 2.22 bits per heavy atom. The van der Waals surface area contributed by atoms with Gasteiger partial charge in [-0.25, -0.2) is 4.39 Å². The van der Waals surface area contributed by atoms with E-state index in [1.165, 1.54) is 6.07 Å². The predicted molar refractivity (Wildman–Crippen MR) is 67.5 cm³/mol. The number of imidazole rings is 1. The van der Waals surface area contributed by atoms with E-state index in [1.807, 2.05) is 0 Å². The second-order valence-electron chi connectivity index (χ2n) is 3.79. The molecule has 1 heterocycles. The van der Waals surface area contributed by atoms with Gasteiger partial charge in [0.05, 0.1) is 16.6 Å². The lowest BCUT2D eigenvalue weighted by Gasteiger charge is -2.05. The first-order valence-corrected chi connectivity index (χ1v) is 5.83. The highest BCUT2D eigenvalue weighted by Crippen LogP contribution is 2.17. The molecule has 0 spiro atoms. The van der Waals surface area contributed by atoms with Crippen molar-refractivity contribution in [3.05, 3.63) is 28.3 Å². The third-order valence-corrected chi connectivity index (χ3v) is 2.66. The Hall–Kier alpha value is -1.73. The van der Waals surface area contributed by atoms with Crippen LogP contribution in [0.1, 0.15) is 16.8 Å². The van der Waals surface area contributed by atoms with Gasteiger partial charge in [0.25, 0.3) is 5.91 Å². The molecular weight excluding hydrogens is 257 g/mol. The van der Waals surface area contributed by atoms with Crippen molar-refractivity contribution >= 4 is 29.2 Å². The number of hydrogen-bond acceptors (Lipinski definition) is 3. The number of halogens is 1. The van der Waals surface area contributed by atoms with Gasteiger partial charge in [-0.1, -0.05) is 0 Å². The molecule has 0 unspecified atom stereocenters. The van der Waals surface area contributed by atoms with Crippen molar-refractivity contribution in [1.29, 1.82) is 0 Å². The molecule has 2 aromatic rings. The summed E-state index contributed by atoms with van der Waals surface area (Å²) in [4.78, 5) is 17.4. The second kappa shape index (κ2) is 5.28. The van der Waals surface area contributed by atoms with Crippen molar-refractivity contribution in [3.63, 3.8) is 0 Å². The monoisotopic (exact) mass is 269 g/mol. The minimum absolute atomic E-state index is 0.00850. The minimum atomic E-state index is -0.514. The Morgan fingerprint density at radius 1 is 1.44 bits per heavy atom. The quantitative estimate of drug-likeness (QED) is 0.501. The van der Waals surface area contributed by atoms with Crippen LogP contribution in [0.2, 0.25) is 0 Å². The number of aliphatic hydroxyl groups is 1. The molecule has 0 radical (unpaired) electrons. The normalized spacial score (nSPS) is 10.8. The Kier molecular flexibility index (Phi) is 3.73. The molecule has 1 amide bonds. The third kappa shape index (κ3) is 2.57. The molecule has 0 aliphatic heterocycles. The van der Waals surface area contributed by atoms with E-state index in [9.17, 15) is 9.18 Å². The fourth-order valence-corrected chi connectivity index (χ4v) is 1.87. The Balaban J connectivity index is 2.36. The summed E-state index contributed by atoms with van der Waals surface area (Å²) >= 11 is 4.91. The molecule has 5 nitrogen and oxygen atoms in total. The Bertz CT molecular complexity index is 635. The molecule has 96 valence electrons. The molecule has 0 saturated heterocycles. The van der Waals surface area contributed by atoms with Crippen LogP contribution in [0.4, 0.5) is 4.39 Å². The summed E-state index contributed by atoms with van der Waals surface area (Å²) in [7, 11) is 0. The number of aliphatic hydroxyl groups excluding tert-OH is 1. The number of aromatic amines is 2. The largest absolute Gasteiger partial charge is 0.396 e. The molecule has 0 fully saturated rings. The molecule has 0 aliphatic carbocycles. The zero-order valence-electron chi connectivity index (χ0n) is 9.42. The summed E-state index contributed by atoms with van der Waals surface area (Å²) in [6.07, 6.45) is 0.452.